The average Bonchev–Trinajstić information content (AvgIpc) is 2.47. The van der Waals surface area contributed by atoms with Crippen LogP contribution in [0.1, 0.15) is 44.2 Å². The van der Waals surface area contributed by atoms with Crippen LogP contribution in [0.25, 0.3) is 0 Å². The van der Waals surface area contributed by atoms with Crippen molar-refractivity contribution in [1.82, 2.24) is 5.32 Å². The fourth-order valence-corrected chi connectivity index (χ4v) is 2.87. The molecular formula is C16H25NO2. The Kier molecular flexibility index (Phi) is 5.23. The second-order valence-electron chi connectivity index (χ2n) is 5.39. The lowest BCUT2D eigenvalue weighted by Gasteiger charge is -2.31. The van der Waals surface area contributed by atoms with Crippen LogP contribution < -0.4 is 10.1 Å². The highest BCUT2D eigenvalue weighted by molar-refractivity contribution is 5.30. The van der Waals surface area contributed by atoms with Crippen molar-refractivity contribution in [2.24, 2.45) is 0 Å². The van der Waals surface area contributed by atoms with Gasteiger partial charge in [0.15, 0.2) is 0 Å². The van der Waals surface area contributed by atoms with Crippen molar-refractivity contribution in [3.05, 3.63) is 29.8 Å². The Morgan fingerprint density at radius 1 is 1.26 bits per heavy atom. The minimum atomic E-state index is 0.343. The molecule has 2 unspecified atom stereocenters. The van der Waals surface area contributed by atoms with Crippen molar-refractivity contribution in [3.63, 3.8) is 0 Å². The van der Waals surface area contributed by atoms with Crippen LogP contribution in [-0.4, -0.2) is 26.4 Å². The lowest BCUT2D eigenvalue weighted by Crippen LogP contribution is -2.38. The molecule has 106 valence electrons. The van der Waals surface area contributed by atoms with Gasteiger partial charge in [0.1, 0.15) is 5.75 Å². The van der Waals surface area contributed by atoms with E-state index in [4.69, 9.17) is 9.47 Å². The SMILES string of the molecule is COc1cccc([C@H](C)NC2CCCC(OC)C2)c1. The summed E-state index contributed by atoms with van der Waals surface area (Å²) in [6.45, 7) is 2.21. The second kappa shape index (κ2) is 6.92. The van der Waals surface area contributed by atoms with E-state index in [2.05, 4.69) is 24.4 Å². The molecule has 0 amide bonds. The van der Waals surface area contributed by atoms with Crippen LogP contribution in [0.4, 0.5) is 0 Å². The summed E-state index contributed by atoms with van der Waals surface area (Å²) < 4.78 is 10.8. The Morgan fingerprint density at radius 3 is 2.84 bits per heavy atom. The quantitative estimate of drug-likeness (QED) is 0.884. The maximum absolute atomic E-state index is 5.49. The highest BCUT2D eigenvalue weighted by Crippen LogP contribution is 2.24. The number of nitrogens with one attached hydrogen (secondary N) is 1. The summed E-state index contributed by atoms with van der Waals surface area (Å²) in [7, 11) is 3.53. The molecule has 3 heteroatoms. The topological polar surface area (TPSA) is 30.5 Å². The molecule has 1 N–H and O–H groups in total. The molecule has 0 radical (unpaired) electrons. The van der Waals surface area contributed by atoms with Gasteiger partial charge in [-0.2, -0.15) is 0 Å². The second-order valence-corrected chi connectivity index (χ2v) is 5.39. The number of hydrogen-bond acceptors (Lipinski definition) is 3. The van der Waals surface area contributed by atoms with Gasteiger partial charge in [-0.25, -0.2) is 0 Å². The summed E-state index contributed by atoms with van der Waals surface area (Å²) >= 11 is 0. The largest absolute Gasteiger partial charge is 0.497 e. The van der Waals surface area contributed by atoms with E-state index >= 15 is 0 Å². The molecule has 1 fully saturated rings. The van der Waals surface area contributed by atoms with E-state index in [0.717, 1.165) is 12.2 Å². The molecule has 19 heavy (non-hydrogen) atoms. The molecule has 2 rings (SSSR count). The summed E-state index contributed by atoms with van der Waals surface area (Å²) in [5.41, 5.74) is 1.28. The zero-order valence-electron chi connectivity index (χ0n) is 12.2. The Bertz CT molecular complexity index is 394. The van der Waals surface area contributed by atoms with Gasteiger partial charge in [0.25, 0.3) is 0 Å². The Balaban J connectivity index is 1.94. The van der Waals surface area contributed by atoms with Crippen LogP contribution >= 0.6 is 0 Å². The molecule has 1 aromatic rings. The number of hydrogen-bond donors (Lipinski definition) is 1. The minimum absolute atomic E-state index is 0.343. The Labute approximate surface area is 116 Å². The van der Waals surface area contributed by atoms with Crippen LogP contribution in [0, 0.1) is 0 Å². The van der Waals surface area contributed by atoms with E-state index in [0.29, 0.717) is 18.2 Å². The summed E-state index contributed by atoms with van der Waals surface area (Å²) in [6, 6.07) is 9.18. The summed E-state index contributed by atoms with van der Waals surface area (Å²) in [5.74, 6) is 0.921. The van der Waals surface area contributed by atoms with Gasteiger partial charge in [-0.05, 0) is 50.3 Å². The molecule has 0 spiro atoms. The van der Waals surface area contributed by atoms with E-state index in [1.807, 2.05) is 19.2 Å². The van der Waals surface area contributed by atoms with Gasteiger partial charge in [-0.1, -0.05) is 12.1 Å². The fraction of sp³-hybridized carbons (Fsp3) is 0.625. The van der Waals surface area contributed by atoms with Crippen LogP contribution in [0.2, 0.25) is 0 Å². The Hall–Kier alpha value is -1.06. The summed E-state index contributed by atoms with van der Waals surface area (Å²) in [6.07, 6.45) is 5.23. The fourth-order valence-electron chi connectivity index (χ4n) is 2.87. The van der Waals surface area contributed by atoms with Crippen LogP contribution in [0.5, 0.6) is 5.75 Å². The Morgan fingerprint density at radius 2 is 2.11 bits per heavy atom. The molecule has 1 aliphatic carbocycles. The number of methoxy groups -OCH3 is 2. The van der Waals surface area contributed by atoms with E-state index < -0.39 is 0 Å². The highest BCUT2D eigenvalue weighted by Gasteiger charge is 2.23. The standard InChI is InChI=1S/C16H25NO2/c1-12(13-6-4-8-15(10-13)18-2)17-14-7-5-9-16(11-14)19-3/h4,6,8,10,12,14,16-17H,5,7,9,11H2,1-3H3/t12-,14?,16?/m0/s1. The monoisotopic (exact) mass is 263 g/mol. The maximum atomic E-state index is 5.49. The lowest BCUT2D eigenvalue weighted by atomic mass is 9.92. The van der Waals surface area contributed by atoms with Crippen LogP contribution in [-0.2, 0) is 4.74 Å². The third-order valence-electron chi connectivity index (χ3n) is 4.04. The molecular weight excluding hydrogens is 238 g/mol. The predicted octanol–water partition coefficient (Wildman–Crippen LogP) is 3.30. The minimum Gasteiger partial charge on any atom is -0.497 e. The molecule has 3 nitrogen and oxygen atoms in total. The maximum Gasteiger partial charge on any atom is 0.119 e. The molecule has 1 saturated carbocycles. The van der Waals surface area contributed by atoms with Gasteiger partial charge in [-0.15, -0.1) is 0 Å². The molecule has 0 bridgehead atoms. The molecule has 3 atom stereocenters. The van der Waals surface area contributed by atoms with Crippen LogP contribution in [0.3, 0.4) is 0 Å². The number of ether oxygens (including phenoxy) is 2. The molecule has 0 saturated heterocycles. The molecule has 1 aromatic carbocycles. The smallest absolute Gasteiger partial charge is 0.119 e. The summed E-state index contributed by atoms with van der Waals surface area (Å²) in [4.78, 5) is 0. The molecule has 1 aliphatic rings. The third kappa shape index (κ3) is 3.95. The van der Waals surface area contributed by atoms with E-state index in [1.165, 1.54) is 24.8 Å². The van der Waals surface area contributed by atoms with Crippen molar-refractivity contribution in [2.45, 2.75) is 50.8 Å². The van der Waals surface area contributed by atoms with Gasteiger partial charge in [-0.3, -0.25) is 0 Å². The zero-order valence-corrected chi connectivity index (χ0v) is 12.2. The summed E-state index contributed by atoms with van der Waals surface area (Å²) in [5, 5.41) is 3.72. The molecule has 0 aromatic heterocycles. The first-order valence-corrected chi connectivity index (χ1v) is 7.15. The molecule has 0 heterocycles. The predicted molar refractivity (Wildman–Crippen MR) is 77.6 cm³/mol. The van der Waals surface area contributed by atoms with Gasteiger partial charge >= 0.3 is 0 Å². The normalized spacial score (nSPS) is 25.0. The van der Waals surface area contributed by atoms with Crippen molar-refractivity contribution >= 4 is 0 Å². The van der Waals surface area contributed by atoms with Gasteiger partial charge < -0.3 is 14.8 Å². The zero-order chi connectivity index (χ0) is 13.7. The van der Waals surface area contributed by atoms with Gasteiger partial charge in [0.05, 0.1) is 13.2 Å². The van der Waals surface area contributed by atoms with Crippen molar-refractivity contribution in [1.29, 1.82) is 0 Å². The van der Waals surface area contributed by atoms with Gasteiger partial charge in [0, 0.05) is 19.2 Å². The average molecular weight is 263 g/mol. The lowest BCUT2D eigenvalue weighted by molar-refractivity contribution is 0.0572. The van der Waals surface area contributed by atoms with Crippen molar-refractivity contribution in [3.8, 4) is 5.75 Å². The molecule has 0 aliphatic heterocycles. The van der Waals surface area contributed by atoms with Gasteiger partial charge in [0.2, 0.25) is 0 Å². The van der Waals surface area contributed by atoms with E-state index in [1.54, 1.807) is 7.11 Å². The number of rotatable bonds is 5. The van der Waals surface area contributed by atoms with Crippen LogP contribution in [0.15, 0.2) is 24.3 Å². The third-order valence-corrected chi connectivity index (χ3v) is 4.04. The van der Waals surface area contributed by atoms with E-state index in [-0.39, 0.29) is 0 Å². The van der Waals surface area contributed by atoms with E-state index in [9.17, 15) is 0 Å². The first kappa shape index (κ1) is 14.4. The first-order chi connectivity index (χ1) is 9.22. The highest BCUT2D eigenvalue weighted by atomic mass is 16.5. The number of benzene rings is 1. The van der Waals surface area contributed by atoms with Crippen molar-refractivity contribution in [2.75, 3.05) is 14.2 Å². The van der Waals surface area contributed by atoms with Crippen molar-refractivity contribution < 1.29 is 9.47 Å². The first-order valence-electron chi connectivity index (χ1n) is 7.15.